The van der Waals surface area contributed by atoms with Crippen LogP contribution in [0.5, 0.6) is 0 Å². The van der Waals surface area contributed by atoms with Crippen molar-refractivity contribution < 1.29 is 0 Å². The molecule has 0 spiro atoms. The Hall–Kier alpha value is -0.0400. The molecule has 0 aliphatic carbocycles. The minimum Gasteiger partial charge on any atom is -0.300 e. The third-order valence-corrected chi connectivity index (χ3v) is 6.61. The van der Waals surface area contributed by atoms with Gasteiger partial charge in [-0.2, -0.15) is 0 Å². The Morgan fingerprint density at radius 2 is 1.19 bits per heavy atom. The molecular weight excluding hydrogens is 314 g/mol. The first-order chi connectivity index (χ1) is 12.8. The highest BCUT2D eigenvalue weighted by Crippen LogP contribution is 2.27. The predicted molar refractivity (Wildman–Crippen MR) is 119 cm³/mol. The summed E-state index contributed by atoms with van der Waals surface area (Å²) in [6.07, 6.45) is 26.2. The number of hydrogen-bond donors (Lipinski definition) is 0. The van der Waals surface area contributed by atoms with Gasteiger partial charge < -0.3 is 4.90 Å². The first kappa shape index (κ1) is 24.0. The molecule has 156 valence electrons. The van der Waals surface area contributed by atoms with Crippen molar-refractivity contribution in [3.05, 3.63) is 0 Å². The van der Waals surface area contributed by atoms with Gasteiger partial charge in [0.05, 0.1) is 0 Å². The van der Waals surface area contributed by atoms with Gasteiger partial charge in [0, 0.05) is 6.04 Å². The van der Waals surface area contributed by atoms with Crippen LogP contribution in [0.2, 0.25) is 0 Å². The van der Waals surface area contributed by atoms with Gasteiger partial charge in [0.15, 0.2) is 0 Å². The van der Waals surface area contributed by atoms with Crippen LogP contribution in [0.15, 0.2) is 0 Å². The van der Waals surface area contributed by atoms with E-state index in [4.69, 9.17) is 0 Å². The zero-order valence-corrected chi connectivity index (χ0v) is 18.7. The third-order valence-electron chi connectivity index (χ3n) is 6.61. The Kier molecular flexibility index (Phi) is 15.8. The van der Waals surface area contributed by atoms with E-state index in [-0.39, 0.29) is 0 Å². The number of hydrogen-bond acceptors (Lipinski definition) is 1. The summed E-state index contributed by atoms with van der Waals surface area (Å²) in [5, 5.41) is 0. The Labute approximate surface area is 166 Å². The lowest BCUT2D eigenvalue weighted by Crippen LogP contribution is -2.35. The number of likely N-dealkylation sites (tertiary alicyclic amines) is 1. The molecule has 1 saturated heterocycles. The fourth-order valence-electron chi connectivity index (χ4n) is 4.93. The van der Waals surface area contributed by atoms with Crippen molar-refractivity contribution in [2.75, 3.05) is 13.1 Å². The molecule has 1 heteroatoms. The molecule has 1 unspecified atom stereocenters. The second kappa shape index (κ2) is 17.1. The average Bonchev–Trinajstić information content (AvgIpc) is 3.11. The molecule has 1 fully saturated rings. The highest BCUT2D eigenvalue weighted by atomic mass is 15.2. The lowest BCUT2D eigenvalue weighted by Gasteiger charge is -2.29. The maximum absolute atomic E-state index is 2.82. The average molecular weight is 366 g/mol. The first-order valence-electron chi connectivity index (χ1n) is 12.5. The van der Waals surface area contributed by atoms with Crippen LogP contribution in [0.25, 0.3) is 0 Å². The summed E-state index contributed by atoms with van der Waals surface area (Å²) in [7, 11) is 0. The van der Waals surface area contributed by atoms with Crippen LogP contribution in [0.1, 0.15) is 136 Å². The largest absolute Gasteiger partial charge is 0.300 e. The van der Waals surface area contributed by atoms with Crippen molar-refractivity contribution in [2.24, 2.45) is 5.92 Å². The van der Waals surface area contributed by atoms with Crippen LogP contribution >= 0.6 is 0 Å². The Balaban J connectivity index is 1.84. The van der Waals surface area contributed by atoms with Crippen molar-refractivity contribution in [1.82, 2.24) is 4.90 Å². The van der Waals surface area contributed by atoms with Gasteiger partial charge in [0.1, 0.15) is 0 Å². The highest BCUT2D eigenvalue weighted by molar-refractivity contribution is 4.82. The van der Waals surface area contributed by atoms with E-state index in [1.54, 1.807) is 0 Å². The van der Waals surface area contributed by atoms with E-state index in [9.17, 15) is 0 Å². The van der Waals surface area contributed by atoms with E-state index >= 15 is 0 Å². The molecule has 1 rings (SSSR count). The normalized spacial score (nSPS) is 19.3. The molecule has 26 heavy (non-hydrogen) atoms. The standard InChI is InChI=1S/C25H51N/c1-4-6-7-8-9-10-11-12-13-14-15-16-17-18-22-26-23-19-21-25(26)24(3)20-5-2/h24-25H,4-23H2,1-3H3/t24?,25-/m0/s1. The van der Waals surface area contributed by atoms with Crippen LogP contribution < -0.4 is 0 Å². The molecule has 0 bridgehead atoms. The van der Waals surface area contributed by atoms with Gasteiger partial charge in [-0.05, 0) is 44.7 Å². The van der Waals surface area contributed by atoms with E-state index in [0.29, 0.717) is 0 Å². The summed E-state index contributed by atoms with van der Waals surface area (Å²) >= 11 is 0. The fraction of sp³-hybridized carbons (Fsp3) is 1.00. The summed E-state index contributed by atoms with van der Waals surface area (Å²) in [6, 6.07) is 0.900. The summed E-state index contributed by atoms with van der Waals surface area (Å²) in [5.74, 6) is 0.911. The highest BCUT2D eigenvalue weighted by Gasteiger charge is 2.27. The molecule has 0 aromatic carbocycles. The van der Waals surface area contributed by atoms with Gasteiger partial charge in [-0.15, -0.1) is 0 Å². The quantitative estimate of drug-likeness (QED) is 0.220. The van der Waals surface area contributed by atoms with Gasteiger partial charge >= 0.3 is 0 Å². The molecule has 0 aromatic rings. The van der Waals surface area contributed by atoms with Crippen molar-refractivity contribution in [1.29, 1.82) is 0 Å². The maximum Gasteiger partial charge on any atom is 0.0121 e. The van der Waals surface area contributed by atoms with Crippen LogP contribution in [0.3, 0.4) is 0 Å². The molecule has 0 radical (unpaired) electrons. The molecule has 1 aliphatic rings. The Bertz CT molecular complexity index is 288. The van der Waals surface area contributed by atoms with Crippen LogP contribution in [0.4, 0.5) is 0 Å². The van der Waals surface area contributed by atoms with E-state index in [1.165, 1.54) is 129 Å². The van der Waals surface area contributed by atoms with Crippen molar-refractivity contribution in [3.63, 3.8) is 0 Å². The number of nitrogens with zero attached hydrogens (tertiary/aromatic N) is 1. The van der Waals surface area contributed by atoms with E-state index in [2.05, 4.69) is 25.7 Å². The van der Waals surface area contributed by atoms with Gasteiger partial charge in [-0.25, -0.2) is 0 Å². The summed E-state index contributed by atoms with van der Waals surface area (Å²) in [4.78, 5) is 2.82. The molecule has 0 aromatic heterocycles. The van der Waals surface area contributed by atoms with Crippen molar-refractivity contribution in [3.8, 4) is 0 Å². The number of unbranched alkanes of at least 4 members (excludes halogenated alkanes) is 13. The molecule has 2 atom stereocenters. The minimum absolute atomic E-state index is 0.900. The van der Waals surface area contributed by atoms with Gasteiger partial charge in [0.25, 0.3) is 0 Å². The van der Waals surface area contributed by atoms with Crippen LogP contribution in [0, 0.1) is 5.92 Å². The van der Waals surface area contributed by atoms with Crippen LogP contribution in [-0.4, -0.2) is 24.0 Å². The lowest BCUT2D eigenvalue weighted by atomic mass is 9.95. The van der Waals surface area contributed by atoms with Crippen LogP contribution in [-0.2, 0) is 0 Å². The molecule has 0 amide bonds. The summed E-state index contributed by atoms with van der Waals surface area (Å²) in [5.41, 5.74) is 0. The lowest BCUT2D eigenvalue weighted by molar-refractivity contribution is 0.187. The van der Waals surface area contributed by atoms with Gasteiger partial charge in [-0.3, -0.25) is 0 Å². The zero-order valence-electron chi connectivity index (χ0n) is 18.7. The molecule has 0 saturated carbocycles. The van der Waals surface area contributed by atoms with E-state index in [0.717, 1.165) is 12.0 Å². The predicted octanol–water partition coefficient (Wildman–Crippen LogP) is 8.37. The zero-order chi connectivity index (χ0) is 18.9. The molecule has 0 N–H and O–H groups in total. The molecular formula is C25H51N. The molecule has 1 nitrogen and oxygen atoms in total. The van der Waals surface area contributed by atoms with E-state index < -0.39 is 0 Å². The first-order valence-corrected chi connectivity index (χ1v) is 12.5. The fourth-order valence-corrected chi connectivity index (χ4v) is 4.93. The SMILES string of the molecule is CCCCCCCCCCCCCCCCN1CCC[C@H]1C(C)CCC. The summed E-state index contributed by atoms with van der Waals surface area (Å²) in [6.45, 7) is 9.87. The minimum atomic E-state index is 0.900. The Morgan fingerprint density at radius 1 is 0.692 bits per heavy atom. The van der Waals surface area contributed by atoms with Gasteiger partial charge in [-0.1, -0.05) is 111 Å². The Morgan fingerprint density at radius 3 is 1.69 bits per heavy atom. The second-order valence-electron chi connectivity index (χ2n) is 9.11. The number of rotatable bonds is 18. The van der Waals surface area contributed by atoms with Gasteiger partial charge in [0.2, 0.25) is 0 Å². The van der Waals surface area contributed by atoms with E-state index in [1.807, 2.05) is 0 Å². The van der Waals surface area contributed by atoms with Crippen molar-refractivity contribution in [2.45, 2.75) is 142 Å². The maximum atomic E-state index is 2.82. The smallest absolute Gasteiger partial charge is 0.0121 e. The molecule has 1 aliphatic heterocycles. The monoisotopic (exact) mass is 365 g/mol. The molecule has 1 heterocycles. The second-order valence-corrected chi connectivity index (χ2v) is 9.11. The third kappa shape index (κ3) is 11.6. The topological polar surface area (TPSA) is 3.24 Å². The summed E-state index contributed by atoms with van der Waals surface area (Å²) < 4.78 is 0. The van der Waals surface area contributed by atoms with Crippen molar-refractivity contribution >= 4 is 0 Å².